The number of hydrogen-bond acceptors (Lipinski definition) is 5. The molecule has 0 bridgehead atoms. The summed E-state index contributed by atoms with van der Waals surface area (Å²) in [5.41, 5.74) is 6.38. The van der Waals surface area contributed by atoms with Crippen LogP contribution in [-0.4, -0.2) is 22.5 Å². The first-order valence-corrected chi connectivity index (χ1v) is 8.94. The molecule has 1 aliphatic rings. The van der Waals surface area contributed by atoms with Crippen molar-refractivity contribution in [2.24, 2.45) is 0 Å². The Kier molecular flexibility index (Phi) is 4.90. The molecule has 2 amide bonds. The van der Waals surface area contributed by atoms with E-state index in [1.807, 2.05) is 0 Å². The molecule has 0 unspecified atom stereocenters. The van der Waals surface area contributed by atoms with Gasteiger partial charge in [-0.15, -0.1) is 0 Å². The zero-order valence-electron chi connectivity index (χ0n) is 15.5. The first-order chi connectivity index (χ1) is 14.3. The number of nitrogen functional groups attached to an aromatic ring is 1. The molecule has 0 atom stereocenters. The van der Waals surface area contributed by atoms with Crippen LogP contribution in [0.5, 0.6) is 11.6 Å². The van der Waals surface area contributed by atoms with Gasteiger partial charge in [-0.2, -0.15) is 13.2 Å². The molecular weight excluding hydrogens is 399 g/mol. The van der Waals surface area contributed by atoms with Crippen LogP contribution >= 0.6 is 0 Å². The summed E-state index contributed by atoms with van der Waals surface area (Å²) in [5, 5.41) is 2.52. The molecule has 4 rings (SSSR count). The maximum Gasteiger partial charge on any atom is 0.416 e. The van der Waals surface area contributed by atoms with Crippen LogP contribution in [0.1, 0.15) is 11.1 Å². The third kappa shape index (κ3) is 4.12. The van der Waals surface area contributed by atoms with Crippen LogP contribution in [0.15, 0.2) is 54.9 Å². The van der Waals surface area contributed by atoms with Crippen LogP contribution in [-0.2, 0) is 12.6 Å². The summed E-state index contributed by atoms with van der Waals surface area (Å²) in [6.45, 7) is 0.393. The molecule has 3 N–H and O–H groups in total. The number of anilines is 3. The van der Waals surface area contributed by atoms with Gasteiger partial charge in [0.1, 0.15) is 17.9 Å². The number of rotatable bonds is 3. The van der Waals surface area contributed by atoms with Gasteiger partial charge >= 0.3 is 12.2 Å². The van der Waals surface area contributed by atoms with E-state index < -0.39 is 17.8 Å². The molecule has 2 heterocycles. The lowest BCUT2D eigenvalue weighted by Gasteiger charge is -2.19. The van der Waals surface area contributed by atoms with Crippen molar-refractivity contribution in [2.45, 2.75) is 12.6 Å². The Balaban J connectivity index is 1.49. The molecule has 154 valence electrons. The third-order valence-electron chi connectivity index (χ3n) is 4.52. The average Bonchev–Trinajstić information content (AvgIpc) is 3.11. The fraction of sp³-hybridized carbons (Fsp3) is 0.150. The molecule has 0 radical (unpaired) electrons. The number of carbonyl (C=O) groups is 1. The predicted octanol–water partition coefficient (Wildman–Crippen LogP) is 4.46. The van der Waals surface area contributed by atoms with Gasteiger partial charge in [0.05, 0.1) is 5.56 Å². The van der Waals surface area contributed by atoms with E-state index in [0.717, 1.165) is 17.7 Å². The normalized spacial score (nSPS) is 13.1. The van der Waals surface area contributed by atoms with Gasteiger partial charge in [0.2, 0.25) is 5.88 Å². The molecule has 0 fully saturated rings. The predicted molar refractivity (Wildman–Crippen MR) is 104 cm³/mol. The highest BCUT2D eigenvalue weighted by Crippen LogP contribution is 2.34. The number of hydrogen-bond donors (Lipinski definition) is 2. The molecule has 0 aliphatic carbocycles. The Morgan fingerprint density at radius 2 is 1.97 bits per heavy atom. The number of nitrogens with zero attached hydrogens (tertiary/aromatic N) is 3. The Morgan fingerprint density at radius 3 is 2.73 bits per heavy atom. The summed E-state index contributed by atoms with van der Waals surface area (Å²) >= 11 is 0. The number of halogens is 3. The number of ether oxygens (including phenoxy) is 1. The van der Waals surface area contributed by atoms with E-state index in [1.165, 1.54) is 29.4 Å². The molecule has 0 saturated heterocycles. The minimum absolute atomic E-state index is 0.0737. The number of nitrogens with one attached hydrogen (secondary N) is 1. The maximum absolute atomic E-state index is 12.9. The van der Waals surface area contributed by atoms with Crippen LogP contribution in [0.3, 0.4) is 0 Å². The molecule has 0 spiro atoms. The molecular formula is C20H16F3N5O2. The number of benzene rings is 2. The monoisotopic (exact) mass is 415 g/mol. The molecule has 0 saturated carbocycles. The summed E-state index contributed by atoms with van der Waals surface area (Å²) in [4.78, 5) is 21.9. The van der Waals surface area contributed by atoms with Gasteiger partial charge in [0.15, 0.2) is 0 Å². The molecule has 10 heteroatoms. The number of fused-ring (bicyclic) bond motifs is 1. The summed E-state index contributed by atoms with van der Waals surface area (Å²) in [6, 6.07) is 10.7. The van der Waals surface area contributed by atoms with E-state index >= 15 is 0 Å². The molecule has 3 aromatic rings. The van der Waals surface area contributed by atoms with E-state index in [1.54, 1.807) is 18.2 Å². The standard InChI is InChI=1S/C20H16F3N5O2/c21-20(22,23)13-2-1-3-14(9-13)27-19(29)28-7-6-12-8-15(4-5-16(12)28)30-18-10-17(24)25-11-26-18/h1-5,8-11H,6-7H2,(H,27,29)(H2,24,25,26). The lowest BCUT2D eigenvalue weighted by atomic mass is 10.1. The maximum atomic E-state index is 12.9. The van der Waals surface area contributed by atoms with Crippen LogP contribution in [0.2, 0.25) is 0 Å². The van der Waals surface area contributed by atoms with E-state index in [-0.39, 0.29) is 11.5 Å². The van der Waals surface area contributed by atoms with E-state index in [0.29, 0.717) is 30.3 Å². The van der Waals surface area contributed by atoms with Crippen molar-refractivity contribution < 1.29 is 22.7 Å². The third-order valence-corrected chi connectivity index (χ3v) is 4.52. The largest absolute Gasteiger partial charge is 0.439 e. The van der Waals surface area contributed by atoms with Crippen molar-refractivity contribution in [3.05, 3.63) is 66.0 Å². The van der Waals surface area contributed by atoms with Gasteiger partial charge in [0.25, 0.3) is 0 Å². The van der Waals surface area contributed by atoms with E-state index in [2.05, 4.69) is 15.3 Å². The SMILES string of the molecule is Nc1cc(Oc2ccc3c(c2)CCN3C(=O)Nc2cccc(C(F)(F)F)c2)ncn1. The number of carbonyl (C=O) groups excluding carboxylic acids is 1. The van der Waals surface area contributed by atoms with Gasteiger partial charge in [-0.3, -0.25) is 4.90 Å². The molecule has 1 aliphatic heterocycles. The number of amides is 2. The Labute approximate surface area is 169 Å². The summed E-state index contributed by atoms with van der Waals surface area (Å²) in [6.07, 6.45) is -2.61. The Morgan fingerprint density at radius 1 is 1.13 bits per heavy atom. The second-order valence-corrected chi connectivity index (χ2v) is 6.58. The highest BCUT2D eigenvalue weighted by atomic mass is 19.4. The zero-order chi connectivity index (χ0) is 21.3. The van der Waals surface area contributed by atoms with Crippen molar-refractivity contribution >= 4 is 23.2 Å². The van der Waals surface area contributed by atoms with Gasteiger partial charge in [-0.05, 0) is 48.4 Å². The molecule has 30 heavy (non-hydrogen) atoms. The van der Waals surface area contributed by atoms with Gasteiger partial charge in [0, 0.05) is 24.0 Å². The number of urea groups is 1. The smallest absolute Gasteiger partial charge is 0.416 e. The second-order valence-electron chi connectivity index (χ2n) is 6.58. The minimum atomic E-state index is -4.48. The van der Waals surface area contributed by atoms with Crippen molar-refractivity contribution in [3.63, 3.8) is 0 Å². The van der Waals surface area contributed by atoms with E-state index in [4.69, 9.17) is 10.5 Å². The van der Waals surface area contributed by atoms with Crippen LogP contribution in [0.4, 0.5) is 35.2 Å². The lowest BCUT2D eigenvalue weighted by molar-refractivity contribution is -0.137. The fourth-order valence-corrected chi connectivity index (χ4v) is 3.15. The van der Waals surface area contributed by atoms with Gasteiger partial charge in [-0.1, -0.05) is 6.07 Å². The summed E-state index contributed by atoms with van der Waals surface area (Å²) < 4.78 is 44.3. The van der Waals surface area contributed by atoms with Crippen molar-refractivity contribution in [1.29, 1.82) is 0 Å². The molecule has 1 aromatic heterocycles. The van der Waals surface area contributed by atoms with Crippen LogP contribution < -0.4 is 20.7 Å². The lowest BCUT2D eigenvalue weighted by Crippen LogP contribution is -2.33. The van der Waals surface area contributed by atoms with Gasteiger partial charge in [-0.25, -0.2) is 14.8 Å². The van der Waals surface area contributed by atoms with E-state index in [9.17, 15) is 18.0 Å². The average molecular weight is 415 g/mol. The fourth-order valence-electron chi connectivity index (χ4n) is 3.15. The van der Waals surface area contributed by atoms with Gasteiger partial charge < -0.3 is 15.8 Å². The quantitative estimate of drug-likeness (QED) is 0.659. The van der Waals surface area contributed by atoms with Crippen molar-refractivity contribution in [2.75, 3.05) is 22.5 Å². The molecule has 2 aromatic carbocycles. The summed E-state index contributed by atoms with van der Waals surface area (Å²) in [5.74, 6) is 1.09. The topological polar surface area (TPSA) is 93.4 Å². The number of alkyl halides is 3. The van der Waals surface area contributed by atoms with Crippen LogP contribution in [0.25, 0.3) is 0 Å². The first kappa shape index (κ1) is 19.5. The number of aromatic nitrogens is 2. The zero-order valence-corrected chi connectivity index (χ0v) is 15.5. The minimum Gasteiger partial charge on any atom is -0.439 e. The second kappa shape index (κ2) is 7.54. The Bertz CT molecular complexity index is 1100. The first-order valence-electron chi connectivity index (χ1n) is 8.94. The highest BCUT2D eigenvalue weighted by Gasteiger charge is 2.31. The molecule has 7 nitrogen and oxygen atoms in total. The summed E-state index contributed by atoms with van der Waals surface area (Å²) in [7, 11) is 0. The van der Waals surface area contributed by atoms with Crippen LogP contribution in [0, 0.1) is 0 Å². The van der Waals surface area contributed by atoms with Crippen molar-refractivity contribution in [1.82, 2.24) is 9.97 Å². The van der Waals surface area contributed by atoms with Crippen molar-refractivity contribution in [3.8, 4) is 11.6 Å². The highest BCUT2D eigenvalue weighted by molar-refractivity contribution is 6.03. The number of nitrogens with two attached hydrogens (primary N) is 1. The Hall–Kier alpha value is -3.82.